The first-order valence-corrected chi connectivity index (χ1v) is 18.0. The first-order valence-electron chi connectivity index (χ1n) is 18.0. The fourth-order valence-corrected chi connectivity index (χ4v) is 8.94. The van der Waals surface area contributed by atoms with E-state index in [0.29, 0.717) is 5.82 Å². The largest absolute Gasteiger partial charge is 0.253 e. The lowest BCUT2D eigenvalue weighted by Crippen LogP contribution is -2.40. The molecule has 2 aliphatic rings. The standard InChI is InChI=1S/C49H35N3/c1-48(2)39-21-8-10-23-41(39)49(42-24-11-9-22-40(42)48)38-20-7-6-17-36(38)37-19-14-18-35(46(37)49)32-26-28-34(29-27-32)45-31-44(33-15-4-3-5-16-33)51-47(52-45)43-25-12-13-30-50-43/h3-31H,1-2H3. The quantitative estimate of drug-likeness (QED) is 0.188. The van der Waals surface area contributed by atoms with Crippen molar-refractivity contribution in [3.63, 3.8) is 0 Å². The number of nitrogens with zero attached hydrogens (tertiary/aromatic N) is 3. The van der Waals surface area contributed by atoms with E-state index in [-0.39, 0.29) is 5.41 Å². The molecule has 0 saturated carbocycles. The molecule has 0 fully saturated rings. The van der Waals surface area contributed by atoms with Crippen molar-refractivity contribution in [3.8, 4) is 56.3 Å². The molecule has 0 N–H and O–H groups in total. The molecular formula is C49H35N3. The van der Waals surface area contributed by atoms with Gasteiger partial charge in [0.2, 0.25) is 0 Å². The van der Waals surface area contributed by atoms with Crippen LogP contribution in [0.4, 0.5) is 0 Å². The SMILES string of the molecule is CC1(C)c2ccccc2C2(c3ccccc3-c3cccc(-c4ccc(-c5cc(-c6ccccc6)nc(-c6ccccn6)n5)cc4)c32)c2ccccc21. The second-order valence-electron chi connectivity index (χ2n) is 14.4. The molecule has 0 aliphatic heterocycles. The van der Waals surface area contributed by atoms with Crippen LogP contribution in [0.3, 0.4) is 0 Å². The van der Waals surface area contributed by atoms with Crippen LogP contribution in [0, 0.1) is 0 Å². The number of fused-ring (bicyclic) bond motifs is 9. The van der Waals surface area contributed by atoms with Crippen LogP contribution in [0.15, 0.2) is 176 Å². The summed E-state index contributed by atoms with van der Waals surface area (Å²) >= 11 is 0. The predicted molar refractivity (Wildman–Crippen MR) is 211 cm³/mol. The Morgan fingerprint density at radius 2 is 0.904 bits per heavy atom. The fourth-order valence-electron chi connectivity index (χ4n) is 8.94. The van der Waals surface area contributed by atoms with Gasteiger partial charge in [0.1, 0.15) is 5.69 Å². The lowest BCUT2D eigenvalue weighted by molar-refractivity contribution is 0.563. The summed E-state index contributed by atoms with van der Waals surface area (Å²) in [5.74, 6) is 0.610. The Labute approximate surface area is 304 Å². The zero-order valence-electron chi connectivity index (χ0n) is 29.1. The number of benzene rings is 6. The van der Waals surface area contributed by atoms with Crippen molar-refractivity contribution < 1.29 is 0 Å². The Kier molecular flexibility index (Phi) is 6.74. The van der Waals surface area contributed by atoms with Crippen LogP contribution in [0.25, 0.3) is 56.3 Å². The van der Waals surface area contributed by atoms with Crippen LogP contribution in [-0.4, -0.2) is 15.0 Å². The van der Waals surface area contributed by atoms with E-state index in [1.807, 2.05) is 36.4 Å². The molecule has 246 valence electrons. The van der Waals surface area contributed by atoms with E-state index in [4.69, 9.17) is 9.97 Å². The van der Waals surface area contributed by atoms with Gasteiger partial charge in [-0.05, 0) is 73.8 Å². The molecule has 6 aromatic carbocycles. The molecular weight excluding hydrogens is 631 g/mol. The third-order valence-electron chi connectivity index (χ3n) is 11.3. The van der Waals surface area contributed by atoms with Gasteiger partial charge in [-0.25, -0.2) is 9.97 Å². The van der Waals surface area contributed by atoms with E-state index in [9.17, 15) is 0 Å². The van der Waals surface area contributed by atoms with Gasteiger partial charge in [-0.1, -0.05) is 166 Å². The predicted octanol–water partition coefficient (Wildman–Crippen LogP) is 11.5. The first kappa shape index (κ1) is 30.4. The topological polar surface area (TPSA) is 38.7 Å². The highest BCUT2D eigenvalue weighted by Crippen LogP contribution is 2.63. The molecule has 0 unspecified atom stereocenters. The third-order valence-corrected chi connectivity index (χ3v) is 11.3. The van der Waals surface area contributed by atoms with Crippen molar-refractivity contribution in [1.82, 2.24) is 15.0 Å². The van der Waals surface area contributed by atoms with Gasteiger partial charge in [0.15, 0.2) is 5.82 Å². The normalized spacial score (nSPS) is 14.3. The summed E-state index contributed by atoms with van der Waals surface area (Å²) in [5, 5.41) is 0. The highest BCUT2D eigenvalue weighted by molar-refractivity contribution is 5.94. The van der Waals surface area contributed by atoms with E-state index in [0.717, 1.165) is 28.2 Å². The molecule has 10 rings (SSSR count). The van der Waals surface area contributed by atoms with Crippen LogP contribution in [-0.2, 0) is 10.8 Å². The Balaban J connectivity index is 1.18. The van der Waals surface area contributed by atoms with E-state index < -0.39 is 5.41 Å². The van der Waals surface area contributed by atoms with Crippen molar-refractivity contribution in [3.05, 3.63) is 209 Å². The number of aromatic nitrogens is 3. The summed E-state index contributed by atoms with van der Waals surface area (Å²) in [6, 6.07) is 61.3. The van der Waals surface area contributed by atoms with Crippen LogP contribution in [0.5, 0.6) is 0 Å². The summed E-state index contributed by atoms with van der Waals surface area (Å²) in [4.78, 5) is 14.6. The fraction of sp³-hybridized carbons (Fsp3) is 0.0816. The highest BCUT2D eigenvalue weighted by Gasteiger charge is 2.54. The second-order valence-corrected chi connectivity index (χ2v) is 14.4. The smallest absolute Gasteiger partial charge is 0.179 e. The monoisotopic (exact) mass is 665 g/mol. The number of hydrogen-bond acceptors (Lipinski definition) is 3. The zero-order valence-corrected chi connectivity index (χ0v) is 29.1. The lowest BCUT2D eigenvalue weighted by Gasteiger charge is -2.47. The van der Waals surface area contributed by atoms with E-state index >= 15 is 0 Å². The molecule has 2 aromatic heterocycles. The maximum Gasteiger partial charge on any atom is 0.179 e. The maximum absolute atomic E-state index is 5.05. The van der Waals surface area contributed by atoms with Gasteiger partial charge >= 0.3 is 0 Å². The molecule has 0 bridgehead atoms. The van der Waals surface area contributed by atoms with Crippen molar-refractivity contribution in [2.24, 2.45) is 0 Å². The molecule has 2 heterocycles. The van der Waals surface area contributed by atoms with E-state index in [2.05, 4.69) is 152 Å². The summed E-state index contributed by atoms with van der Waals surface area (Å²) in [5.41, 5.74) is 17.2. The summed E-state index contributed by atoms with van der Waals surface area (Å²) < 4.78 is 0. The van der Waals surface area contributed by atoms with Gasteiger partial charge in [0.25, 0.3) is 0 Å². The maximum atomic E-state index is 5.05. The molecule has 1 spiro atoms. The molecule has 2 aliphatic carbocycles. The number of rotatable bonds is 4. The average Bonchev–Trinajstić information content (AvgIpc) is 3.52. The average molecular weight is 666 g/mol. The third kappa shape index (κ3) is 4.36. The van der Waals surface area contributed by atoms with Gasteiger partial charge in [0, 0.05) is 22.7 Å². The van der Waals surface area contributed by atoms with Crippen molar-refractivity contribution in [1.29, 1.82) is 0 Å². The lowest BCUT2D eigenvalue weighted by atomic mass is 9.55. The molecule has 0 amide bonds. The molecule has 0 atom stereocenters. The molecule has 3 heteroatoms. The van der Waals surface area contributed by atoms with Crippen molar-refractivity contribution in [2.45, 2.75) is 24.7 Å². The molecule has 52 heavy (non-hydrogen) atoms. The van der Waals surface area contributed by atoms with Gasteiger partial charge in [0.05, 0.1) is 16.8 Å². The van der Waals surface area contributed by atoms with Gasteiger partial charge in [-0.2, -0.15) is 0 Å². The molecule has 0 radical (unpaired) electrons. The minimum atomic E-state index is -0.460. The zero-order chi connectivity index (χ0) is 34.9. The Morgan fingerprint density at radius 1 is 0.385 bits per heavy atom. The summed E-state index contributed by atoms with van der Waals surface area (Å²) in [7, 11) is 0. The van der Waals surface area contributed by atoms with Gasteiger partial charge < -0.3 is 0 Å². The van der Waals surface area contributed by atoms with Crippen molar-refractivity contribution >= 4 is 0 Å². The Bertz CT molecular complexity index is 2530. The summed E-state index contributed by atoms with van der Waals surface area (Å²) in [6.07, 6.45) is 1.79. The number of hydrogen-bond donors (Lipinski definition) is 0. The van der Waals surface area contributed by atoms with Gasteiger partial charge in [-0.15, -0.1) is 0 Å². The Morgan fingerprint density at radius 3 is 1.56 bits per heavy atom. The Hall–Kier alpha value is -6.45. The van der Waals surface area contributed by atoms with E-state index in [1.54, 1.807) is 6.20 Å². The van der Waals surface area contributed by atoms with E-state index in [1.165, 1.54) is 55.6 Å². The highest BCUT2D eigenvalue weighted by atomic mass is 14.9. The summed E-state index contributed by atoms with van der Waals surface area (Å²) in [6.45, 7) is 4.75. The van der Waals surface area contributed by atoms with Crippen LogP contribution >= 0.6 is 0 Å². The minimum Gasteiger partial charge on any atom is -0.253 e. The first-order chi connectivity index (χ1) is 25.5. The second kappa shape index (κ2) is 11.5. The van der Waals surface area contributed by atoms with Crippen LogP contribution in [0.2, 0.25) is 0 Å². The molecule has 8 aromatic rings. The molecule has 3 nitrogen and oxygen atoms in total. The van der Waals surface area contributed by atoms with Crippen LogP contribution < -0.4 is 0 Å². The van der Waals surface area contributed by atoms with Gasteiger partial charge in [-0.3, -0.25) is 4.98 Å². The number of pyridine rings is 1. The molecule has 0 saturated heterocycles. The van der Waals surface area contributed by atoms with Crippen LogP contribution in [0.1, 0.15) is 47.2 Å². The van der Waals surface area contributed by atoms with Crippen molar-refractivity contribution in [2.75, 3.05) is 0 Å². The minimum absolute atomic E-state index is 0.142.